The summed E-state index contributed by atoms with van der Waals surface area (Å²) in [5.74, 6) is -0.144. The molecule has 0 aromatic carbocycles. The van der Waals surface area contributed by atoms with Crippen molar-refractivity contribution in [2.45, 2.75) is 82.8 Å². The molecule has 3 N–H and O–H groups in total. The molecule has 180 valence electrons. The Morgan fingerprint density at radius 3 is 2.58 bits per heavy atom. The number of allylic oxidation sites excluding steroid dienone is 9. The van der Waals surface area contributed by atoms with Crippen molar-refractivity contribution in [3.05, 3.63) is 84.6 Å². The van der Waals surface area contributed by atoms with E-state index < -0.39 is 24.4 Å². The van der Waals surface area contributed by atoms with E-state index in [0.717, 1.165) is 18.4 Å². The Kier molecular flexibility index (Phi) is 11.9. The fraction of sp³-hybridized carbons (Fsp3) is 0.464. The zero-order valence-electron chi connectivity index (χ0n) is 19.8. The van der Waals surface area contributed by atoms with E-state index in [0.29, 0.717) is 19.3 Å². The Balaban J connectivity index is 2.26. The van der Waals surface area contributed by atoms with Crippen molar-refractivity contribution < 1.29 is 20.1 Å². The number of hydrogen-bond donors (Lipinski definition) is 3. The highest BCUT2D eigenvalue weighted by molar-refractivity contribution is 5.89. The van der Waals surface area contributed by atoms with Gasteiger partial charge >= 0.3 is 0 Å². The maximum absolute atomic E-state index is 13.1. The number of carbonyl (C=O) groups excluding carboxylic acids is 1. The molecule has 2 aliphatic rings. The molecule has 0 saturated carbocycles. The minimum absolute atomic E-state index is 0.0890. The minimum atomic E-state index is -0.729. The van der Waals surface area contributed by atoms with E-state index in [1.165, 1.54) is 6.08 Å². The zero-order chi connectivity index (χ0) is 24.1. The lowest BCUT2D eigenvalue weighted by Gasteiger charge is -2.28. The molecule has 0 bridgehead atoms. The molecule has 2 rings (SSSR count). The van der Waals surface area contributed by atoms with Gasteiger partial charge in [0.1, 0.15) is 0 Å². The number of fused-ring (bicyclic) bond motifs is 1. The third-order valence-corrected chi connectivity index (χ3v) is 5.77. The second-order valence-corrected chi connectivity index (χ2v) is 8.71. The van der Waals surface area contributed by atoms with Crippen molar-refractivity contribution in [2.24, 2.45) is 0 Å². The van der Waals surface area contributed by atoms with Crippen molar-refractivity contribution in [1.29, 1.82) is 0 Å². The molecular formula is C28H39NO4. The van der Waals surface area contributed by atoms with Crippen LogP contribution in [0.15, 0.2) is 84.6 Å². The fourth-order valence-corrected chi connectivity index (χ4v) is 4.06. The van der Waals surface area contributed by atoms with E-state index in [2.05, 4.69) is 19.1 Å². The molecule has 33 heavy (non-hydrogen) atoms. The highest BCUT2D eigenvalue weighted by Gasteiger charge is 2.40. The summed E-state index contributed by atoms with van der Waals surface area (Å²) in [6.45, 7) is 4.07. The van der Waals surface area contributed by atoms with Gasteiger partial charge in [-0.2, -0.15) is 0 Å². The van der Waals surface area contributed by atoms with Gasteiger partial charge in [0.2, 0.25) is 5.91 Å². The topological polar surface area (TPSA) is 81.0 Å². The van der Waals surface area contributed by atoms with Gasteiger partial charge in [0.05, 0.1) is 24.4 Å². The Morgan fingerprint density at radius 1 is 1.03 bits per heavy atom. The Hall–Kier alpha value is -2.47. The summed E-state index contributed by atoms with van der Waals surface area (Å²) in [5.41, 5.74) is 0.919. The van der Waals surface area contributed by atoms with Crippen LogP contribution in [0.4, 0.5) is 0 Å². The van der Waals surface area contributed by atoms with Crippen LogP contribution in [0.1, 0.15) is 52.4 Å². The molecule has 5 unspecified atom stereocenters. The van der Waals surface area contributed by atoms with Crippen LogP contribution in [-0.2, 0) is 4.79 Å². The van der Waals surface area contributed by atoms with Gasteiger partial charge < -0.3 is 20.2 Å². The first kappa shape index (κ1) is 26.8. The third kappa shape index (κ3) is 9.50. The molecule has 0 aromatic heterocycles. The first-order valence-electron chi connectivity index (χ1n) is 12.0. The van der Waals surface area contributed by atoms with Gasteiger partial charge in [0.25, 0.3) is 0 Å². The molecule has 0 aliphatic carbocycles. The number of aliphatic hydroxyl groups excluding tert-OH is 3. The van der Waals surface area contributed by atoms with Gasteiger partial charge in [-0.1, -0.05) is 91.8 Å². The van der Waals surface area contributed by atoms with Crippen LogP contribution in [0.3, 0.4) is 0 Å². The van der Waals surface area contributed by atoms with E-state index >= 15 is 0 Å². The van der Waals surface area contributed by atoms with Crippen LogP contribution in [0.5, 0.6) is 0 Å². The summed E-state index contributed by atoms with van der Waals surface area (Å²) in [6.07, 6.45) is 25.9. The first-order chi connectivity index (χ1) is 15.9. The van der Waals surface area contributed by atoms with Gasteiger partial charge in [-0.3, -0.25) is 4.79 Å². The molecule has 2 heterocycles. The number of aliphatic hydroxyl groups is 3. The standard InChI is InChI=1S/C28H39NO4/c1-3-4-5-6-7-9-15-23-20-27(32)26-19-22(2)14-12-13-17-25(31)21-24(30)16-10-8-11-18-28(33)29(23)26/h5-14,17-19,23-27,30-32H,3-4,15-16,20-21H2,1-2H3/b6-5+,9-7+,10-8+,14-12+,17-13-,18-11+,22-19+. The van der Waals surface area contributed by atoms with Crippen LogP contribution >= 0.6 is 0 Å². The van der Waals surface area contributed by atoms with E-state index in [9.17, 15) is 20.1 Å². The molecule has 2 aliphatic heterocycles. The number of carbonyl (C=O) groups is 1. The second-order valence-electron chi connectivity index (χ2n) is 8.71. The average Bonchev–Trinajstić information content (AvgIpc) is 3.07. The molecule has 5 heteroatoms. The van der Waals surface area contributed by atoms with Crippen LogP contribution in [0, 0.1) is 0 Å². The number of unbranched alkanes of at least 4 members (excludes halogenated alkanes) is 1. The lowest BCUT2D eigenvalue weighted by molar-refractivity contribution is -0.128. The maximum Gasteiger partial charge on any atom is 0.247 e. The quantitative estimate of drug-likeness (QED) is 0.542. The molecule has 0 radical (unpaired) electrons. The predicted molar refractivity (Wildman–Crippen MR) is 134 cm³/mol. The van der Waals surface area contributed by atoms with Crippen molar-refractivity contribution in [1.82, 2.24) is 4.90 Å². The third-order valence-electron chi connectivity index (χ3n) is 5.77. The van der Waals surface area contributed by atoms with E-state index in [1.807, 2.05) is 37.3 Å². The summed E-state index contributed by atoms with van der Waals surface area (Å²) in [7, 11) is 0. The minimum Gasteiger partial charge on any atom is -0.393 e. The van der Waals surface area contributed by atoms with Gasteiger partial charge in [-0.25, -0.2) is 0 Å². The summed E-state index contributed by atoms with van der Waals surface area (Å²) in [6, 6.07) is -0.495. The highest BCUT2D eigenvalue weighted by atomic mass is 16.3. The average molecular weight is 454 g/mol. The van der Waals surface area contributed by atoms with Crippen molar-refractivity contribution >= 4 is 5.91 Å². The highest BCUT2D eigenvalue weighted by Crippen LogP contribution is 2.29. The van der Waals surface area contributed by atoms with Gasteiger partial charge in [-0.05, 0) is 32.6 Å². The summed E-state index contributed by atoms with van der Waals surface area (Å²) in [4.78, 5) is 14.9. The van der Waals surface area contributed by atoms with Crippen LogP contribution in [0.2, 0.25) is 0 Å². The molecule has 1 amide bonds. The van der Waals surface area contributed by atoms with Gasteiger partial charge in [-0.15, -0.1) is 0 Å². The van der Waals surface area contributed by atoms with Gasteiger partial charge in [0.15, 0.2) is 0 Å². The van der Waals surface area contributed by atoms with Crippen LogP contribution < -0.4 is 0 Å². The lowest BCUT2D eigenvalue weighted by Crippen LogP contribution is -2.41. The summed E-state index contributed by atoms with van der Waals surface area (Å²) >= 11 is 0. The number of rotatable bonds is 5. The Morgan fingerprint density at radius 2 is 1.79 bits per heavy atom. The molecular weight excluding hydrogens is 414 g/mol. The monoisotopic (exact) mass is 453 g/mol. The first-order valence-corrected chi connectivity index (χ1v) is 12.0. The molecule has 0 aromatic rings. The normalized spacial score (nSPS) is 35.2. The number of hydrogen-bond acceptors (Lipinski definition) is 4. The molecule has 1 fully saturated rings. The molecule has 5 atom stereocenters. The zero-order valence-corrected chi connectivity index (χ0v) is 19.8. The predicted octanol–water partition coefficient (Wildman–Crippen LogP) is 4.31. The molecule has 5 nitrogen and oxygen atoms in total. The lowest BCUT2D eigenvalue weighted by atomic mass is 10.1. The summed E-state index contributed by atoms with van der Waals surface area (Å²) < 4.78 is 0. The van der Waals surface area contributed by atoms with Crippen molar-refractivity contribution in [3.8, 4) is 0 Å². The van der Waals surface area contributed by atoms with Crippen molar-refractivity contribution in [3.63, 3.8) is 0 Å². The second kappa shape index (κ2) is 14.6. The van der Waals surface area contributed by atoms with E-state index in [1.54, 1.807) is 35.3 Å². The largest absolute Gasteiger partial charge is 0.393 e. The number of nitrogens with zero attached hydrogens (tertiary/aromatic N) is 1. The fourth-order valence-electron chi connectivity index (χ4n) is 4.06. The van der Waals surface area contributed by atoms with Gasteiger partial charge in [0, 0.05) is 18.5 Å². The molecule has 0 spiro atoms. The smallest absolute Gasteiger partial charge is 0.247 e. The summed E-state index contributed by atoms with van der Waals surface area (Å²) in [5, 5.41) is 30.9. The SMILES string of the molecule is CCC/C=C/C=C/CC1CC(O)C2/C=C(C)/C=C/C=C\C(O)CC(O)C/C=C/C=C/C(=O)N12. The van der Waals surface area contributed by atoms with E-state index in [4.69, 9.17) is 0 Å². The maximum atomic E-state index is 13.1. The number of amides is 1. The van der Waals surface area contributed by atoms with Crippen molar-refractivity contribution in [2.75, 3.05) is 0 Å². The van der Waals surface area contributed by atoms with Crippen LogP contribution in [0.25, 0.3) is 0 Å². The Bertz CT molecular complexity index is 818. The Labute approximate surface area is 198 Å². The van der Waals surface area contributed by atoms with E-state index in [-0.39, 0.29) is 18.4 Å². The molecule has 1 saturated heterocycles. The van der Waals surface area contributed by atoms with Crippen LogP contribution in [-0.4, -0.2) is 56.5 Å².